The number of carbonyl (C=O) groups excluding carboxylic acids is 1. The van der Waals surface area contributed by atoms with Crippen LogP contribution >= 0.6 is 0 Å². The fourth-order valence-electron chi connectivity index (χ4n) is 4.66. The zero-order valence-corrected chi connectivity index (χ0v) is 18.1. The predicted octanol–water partition coefficient (Wildman–Crippen LogP) is 3.41. The van der Waals surface area contributed by atoms with E-state index in [2.05, 4.69) is 17.1 Å². The van der Waals surface area contributed by atoms with Crippen LogP contribution in [-0.4, -0.2) is 46.0 Å². The van der Waals surface area contributed by atoms with E-state index in [9.17, 15) is 14.0 Å². The quantitative estimate of drug-likeness (QED) is 0.562. The van der Waals surface area contributed by atoms with Crippen molar-refractivity contribution in [1.82, 2.24) is 19.2 Å². The molecule has 1 aromatic carbocycles. The maximum atomic E-state index is 13.9. The smallest absolute Gasteiger partial charge is 0.275 e. The topological polar surface area (TPSA) is 58.8 Å². The Morgan fingerprint density at radius 2 is 2.03 bits per heavy atom. The highest BCUT2D eigenvalue weighted by Crippen LogP contribution is 2.17. The lowest BCUT2D eigenvalue weighted by Gasteiger charge is -2.30. The van der Waals surface area contributed by atoms with Gasteiger partial charge in [0.05, 0.1) is 11.0 Å². The first-order valence-corrected chi connectivity index (χ1v) is 11.3. The highest BCUT2D eigenvalue weighted by molar-refractivity contribution is 5.79. The average Bonchev–Trinajstić information content (AvgIpc) is 3.24. The molecule has 4 rings (SSSR count). The molecule has 2 aromatic heterocycles. The number of aromatic nitrogens is 2. The third-order valence-electron chi connectivity index (χ3n) is 6.20. The van der Waals surface area contributed by atoms with Gasteiger partial charge in [-0.25, -0.2) is 4.39 Å². The van der Waals surface area contributed by atoms with E-state index in [1.165, 1.54) is 25.0 Å². The summed E-state index contributed by atoms with van der Waals surface area (Å²) >= 11 is 0. The SMILES string of the molecule is C[C@H]1CCCN(CCCNC(=O)CCCn2c(=O)c3cccn3c3ccc(F)cc32)C1. The van der Waals surface area contributed by atoms with Gasteiger partial charge >= 0.3 is 0 Å². The van der Waals surface area contributed by atoms with Crippen molar-refractivity contribution in [2.45, 2.75) is 45.6 Å². The summed E-state index contributed by atoms with van der Waals surface area (Å²) in [7, 11) is 0. The first-order valence-electron chi connectivity index (χ1n) is 11.3. The van der Waals surface area contributed by atoms with Gasteiger partial charge < -0.3 is 19.2 Å². The maximum absolute atomic E-state index is 13.9. The van der Waals surface area contributed by atoms with E-state index in [0.717, 1.165) is 37.5 Å². The Kier molecular flexibility index (Phi) is 6.70. The van der Waals surface area contributed by atoms with E-state index < -0.39 is 0 Å². The summed E-state index contributed by atoms with van der Waals surface area (Å²) in [6, 6.07) is 8.04. The number of rotatable bonds is 8. The Bertz CT molecular complexity index is 1120. The van der Waals surface area contributed by atoms with Crippen LogP contribution in [0.1, 0.15) is 39.0 Å². The van der Waals surface area contributed by atoms with E-state index in [1.54, 1.807) is 27.3 Å². The van der Waals surface area contributed by atoms with Crippen molar-refractivity contribution in [3.8, 4) is 0 Å². The van der Waals surface area contributed by atoms with Crippen molar-refractivity contribution in [2.75, 3.05) is 26.2 Å². The van der Waals surface area contributed by atoms with Gasteiger partial charge in [-0.1, -0.05) is 6.92 Å². The molecular formula is C24H31FN4O2. The van der Waals surface area contributed by atoms with Crippen LogP contribution in [0.25, 0.3) is 16.6 Å². The molecule has 1 aliphatic rings. The summed E-state index contributed by atoms with van der Waals surface area (Å²) in [5.74, 6) is 0.384. The molecule has 0 radical (unpaired) electrons. The molecule has 1 N–H and O–H groups in total. The first kappa shape index (κ1) is 21.6. The van der Waals surface area contributed by atoms with Gasteiger partial charge in [-0.3, -0.25) is 9.59 Å². The number of nitrogens with zero attached hydrogens (tertiary/aromatic N) is 3. The molecule has 3 heterocycles. The van der Waals surface area contributed by atoms with Gasteiger partial charge in [-0.05, 0) is 75.0 Å². The Hall–Kier alpha value is -2.67. The molecule has 166 valence electrons. The third-order valence-corrected chi connectivity index (χ3v) is 6.20. The van der Waals surface area contributed by atoms with Crippen LogP contribution in [0, 0.1) is 11.7 Å². The molecule has 0 unspecified atom stereocenters. The molecular weight excluding hydrogens is 395 g/mol. The second-order valence-electron chi connectivity index (χ2n) is 8.71. The van der Waals surface area contributed by atoms with Crippen LogP contribution in [-0.2, 0) is 11.3 Å². The zero-order valence-electron chi connectivity index (χ0n) is 18.1. The van der Waals surface area contributed by atoms with Crippen molar-refractivity contribution in [2.24, 2.45) is 5.92 Å². The Balaban J connectivity index is 1.31. The second kappa shape index (κ2) is 9.64. The number of fused-ring (bicyclic) bond motifs is 3. The number of hydrogen-bond acceptors (Lipinski definition) is 3. The van der Waals surface area contributed by atoms with Crippen molar-refractivity contribution in [3.05, 3.63) is 52.7 Å². The predicted molar refractivity (Wildman–Crippen MR) is 121 cm³/mol. The Morgan fingerprint density at radius 3 is 2.87 bits per heavy atom. The van der Waals surface area contributed by atoms with Crippen LogP contribution in [0.2, 0.25) is 0 Å². The second-order valence-corrected chi connectivity index (χ2v) is 8.71. The Labute approximate surface area is 181 Å². The largest absolute Gasteiger partial charge is 0.356 e. The van der Waals surface area contributed by atoms with Crippen molar-refractivity contribution in [3.63, 3.8) is 0 Å². The third kappa shape index (κ3) is 4.98. The molecule has 1 amide bonds. The number of carbonyl (C=O) groups is 1. The zero-order chi connectivity index (χ0) is 21.8. The molecule has 1 fully saturated rings. The molecule has 1 saturated heterocycles. The highest BCUT2D eigenvalue weighted by atomic mass is 19.1. The fourth-order valence-corrected chi connectivity index (χ4v) is 4.66. The monoisotopic (exact) mass is 426 g/mol. The normalized spacial score (nSPS) is 17.4. The van der Waals surface area contributed by atoms with Gasteiger partial charge in [0, 0.05) is 32.3 Å². The molecule has 0 bridgehead atoms. The van der Waals surface area contributed by atoms with E-state index in [0.29, 0.717) is 37.0 Å². The van der Waals surface area contributed by atoms with Gasteiger partial charge in [0.2, 0.25) is 5.91 Å². The van der Waals surface area contributed by atoms with E-state index >= 15 is 0 Å². The minimum Gasteiger partial charge on any atom is -0.356 e. The minimum absolute atomic E-state index is 0.000638. The van der Waals surface area contributed by atoms with Gasteiger partial charge in [-0.2, -0.15) is 0 Å². The van der Waals surface area contributed by atoms with Crippen LogP contribution in [0.3, 0.4) is 0 Å². The number of hydrogen-bond donors (Lipinski definition) is 1. The number of halogens is 1. The fraction of sp³-hybridized carbons (Fsp3) is 0.500. The van der Waals surface area contributed by atoms with Crippen molar-refractivity contribution < 1.29 is 9.18 Å². The lowest BCUT2D eigenvalue weighted by molar-refractivity contribution is -0.121. The highest BCUT2D eigenvalue weighted by Gasteiger charge is 2.15. The van der Waals surface area contributed by atoms with Crippen molar-refractivity contribution >= 4 is 22.5 Å². The molecule has 0 saturated carbocycles. The maximum Gasteiger partial charge on any atom is 0.275 e. The number of amides is 1. The van der Waals surface area contributed by atoms with Crippen molar-refractivity contribution in [1.29, 1.82) is 0 Å². The van der Waals surface area contributed by atoms with Gasteiger partial charge in [0.15, 0.2) is 0 Å². The van der Waals surface area contributed by atoms with Gasteiger partial charge in [-0.15, -0.1) is 0 Å². The molecule has 7 heteroatoms. The summed E-state index contributed by atoms with van der Waals surface area (Å²) < 4.78 is 17.2. The minimum atomic E-state index is -0.381. The molecule has 6 nitrogen and oxygen atoms in total. The van der Waals surface area contributed by atoms with E-state index in [1.807, 2.05) is 6.07 Å². The molecule has 0 spiro atoms. The van der Waals surface area contributed by atoms with Crippen LogP contribution < -0.4 is 10.9 Å². The van der Waals surface area contributed by atoms with E-state index in [-0.39, 0.29) is 17.3 Å². The van der Waals surface area contributed by atoms with Gasteiger partial charge in [0.25, 0.3) is 5.56 Å². The summed E-state index contributed by atoms with van der Waals surface area (Å²) in [6.07, 6.45) is 6.20. The molecule has 1 atom stereocenters. The van der Waals surface area contributed by atoms with Crippen LogP contribution in [0.5, 0.6) is 0 Å². The van der Waals surface area contributed by atoms with Crippen LogP contribution in [0.15, 0.2) is 41.3 Å². The lowest BCUT2D eigenvalue weighted by atomic mass is 10.0. The molecule has 31 heavy (non-hydrogen) atoms. The summed E-state index contributed by atoms with van der Waals surface area (Å²) in [5, 5.41) is 2.99. The molecule has 1 aliphatic heterocycles. The number of benzene rings is 1. The number of likely N-dealkylation sites (tertiary alicyclic amines) is 1. The van der Waals surface area contributed by atoms with Gasteiger partial charge in [0.1, 0.15) is 11.3 Å². The number of aryl methyl sites for hydroxylation is 1. The average molecular weight is 427 g/mol. The standard InChI is InChI=1S/C24H31FN4O2/c1-18-6-2-12-27(17-18)13-5-11-26-23(30)8-4-15-29-22-16-19(25)9-10-20(22)28-14-3-7-21(28)24(29)31/h3,7,9-10,14,16,18H,2,4-6,8,11-13,15,17H2,1H3,(H,26,30)/t18-/m0/s1. The first-order chi connectivity index (χ1) is 15.0. The number of nitrogens with one attached hydrogen (secondary N) is 1. The number of piperidine rings is 1. The summed E-state index contributed by atoms with van der Waals surface area (Å²) in [6.45, 7) is 6.68. The lowest BCUT2D eigenvalue weighted by Crippen LogP contribution is -2.36. The Morgan fingerprint density at radius 1 is 1.16 bits per heavy atom. The van der Waals surface area contributed by atoms with E-state index in [4.69, 9.17) is 0 Å². The summed E-state index contributed by atoms with van der Waals surface area (Å²) in [4.78, 5) is 27.6. The van der Waals surface area contributed by atoms with Crippen LogP contribution in [0.4, 0.5) is 4.39 Å². The molecule has 0 aliphatic carbocycles. The summed E-state index contributed by atoms with van der Waals surface area (Å²) in [5.41, 5.74) is 1.71. The molecule has 3 aromatic rings.